The number of aromatic amines is 1. The second kappa shape index (κ2) is 6.44. The molecule has 0 saturated heterocycles. The van der Waals surface area contributed by atoms with Crippen LogP contribution in [0, 0.1) is 0 Å². The lowest BCUT2D eigenvalue weighted by atomic mass is 10.0. The van der Waals surface area contributed by atoms with Crippen molar-refractivity contribution in [3.63, 3.8) is 0 Å². The Morgan fingerprint density at radius 1 is 1.45 bits per heavy atom. The maximum atomic E-state index is 12.0. The molecule has 0 radical (unpaired) electrons. The molecule has 4 N–H and O–H groups in total. The van der Waals surface area contributed by atoms with Crippen molar-refractivity contribution in [2.24, 2.45) is 5.73 Å². The van der Waals surface area contributed by atoms with Crippen molar-refractivity contribution in [3.8, 4) is 0 Å². The first kappa shape index (κ1) is 14.4. The second-order valence-corrected chi connectivity index (χ2v) is 5.72. The normalized spacial score (nSPS) is 13.8. The van der Waals surface area contributed by atoms with Crippen molar-refractivity contribution in [3.05, 3.63) is 47.8 Å². The summed E-state index contributed by atoms with van der Waals surface area (Å²) >= 11 is 0. The van der Waals surface area contributed by atoms with Crippen LogP contribution in [0.15, 0.2) is 41.8 Å². The van der Waals surface area contributed by atoms with Crippen LogP contribution in [0.5, 0.6) is 0 Å². The lowest BCUT2D eigenvalue weighted by molar-refractivity contribution is -0.138. The van der Waals surface area contributed by atoms with Gasteiger partial charge in [-0.1, -0.05) is 24.3 Å². The third-order valence-electron chi connectivity index (χ3n) is 2.75. The lowest BCUT2D eigenvalue weighted by Crippen LogP contribution is -2.32. The van der Waals surface area contributed by atoms with Crippen LogP contribution in [0.3, 0.4) is 0 Å². The number of aliphatic carboxylic acids is 1. The van der Waals surface area contributed by atoms with E-state index in [1.54, 1.807) is 18.5 Å². The molecule has 0 fully saturated rings. The maximum Gasteiger partial charge on any atom is 0.320 e. The van der Waals surface area contributed by atoms with Crippen molar-refractivity contribution in [2.75, 3.05) is 0 Å². The monoisotopic (exact) mass is 293 g/mol. The van der Waals surface area contributed by atoms with Gasteiger partial charge in [0.25, 0.3) is 0 Å². The summed E-state index contributed by atoms with van der Waals surface area (Å²) in [4.78, 5) is 17.5. The number of aromatic nitrogens is 2. The summed E-state index contributed by atoms with van der Waals surface area (Å²) in [5.41, 5.74) is 7.17. The molecule has 2 aromatic rings. The molecule has 106 valence electrons. The quantitative estimate of drug-likeness (QED) is 0.725. The highest BCUT2D eigenvalue weighted by atomic mass is 32.2. The number of imidazole rings is 1. The van der Waals surface area contributed by atoms with Gasteiger partial charge in [0, 0.05) is 12.4 Å². The number of nitrogens with one attached hydrogen (secondary N) is 1. The van der Waals surface area contributed by atoms with E-state index in [1.807, 2.05) is 18.2 Å². The molecule has 0 aliphatic heterocycles. The SMILES string of the molecule is NC(Cc1cccc(CS(=O)c2ncc[nH]2)c1)C(=O)O. The number of rotatable bonds is 6. The number of benzene rings is 1. The smallest absolute Gasteiger partial charge is 0.320 e. The first-order chi connectivity index (χ1) is 9.56. The fraction of sp³-hybridized carbons (Fsp3) is 0.231. The van der Waals surface area contributed by atoms with Crippen LogP contribution in [-0.4, -0.2) is 31.3 Å². The van der Waals surface area contributed by atoms with Crippen LogP contribution >= 0.6 is 0 Å². The summed E-state index contributed by atoms with van der Waals surface area (Å²) in [6.07, 6.45) is 3.42. The summed E-state index contributed by atoms with van der Waals surface area (Å²) in [5, 5.41) is 9.23. The first-order valence-corrected chi connectivity index (χ1v) is 7.32. The van der Waals surface area contributed by atoms with Gasteiger partial charge in [0.1, 0.15) is 6.04 Å². The molecule has 0 bridgehead atoms. The summed E-state index contributed by atoms with van der Waals surface area (Å²) in [5.74, 6) is -0.710. The molecule has 2 unspecified atom stereocenters. The van der Waals surface area contributed by atoms with Gasteiger partial charge >= 0.3 is 5.97 Å². The highest BCUT2D eigenvalue weighted by Crippen LogP contribution is 2.12. The molecular formula is C13H15N3O3S. The highest BCUT2D eigenvalue weighted by molar-refractivity contribution is 7.84. The fourth-order valence-electron chi connectivity index (χ4n) is 1.78. The van der Waals surface area contributed by atoms with E-state index in [0.29, 0.717) is 10.9 Å². The average molecular weight is 293 g/mol. The number of carboxylic acids is 1. The molecule has 2 atom stereocenters. The Hall–Kier alpha value is -1.99. The number of carbonyl (C=O) groups is 1. The Bertz CT molecular complexity index is 613. The van der Waals surface area contributed by atoms with Gasteiger partial charge in [-0.05, 0) is 17.5 Å². The number of hydrogen-bond acceptors (Lipinski definition) is 4. The van der Waals surface area contributed by atoms with Gasteiger partial charge in [0.05, 0.1) is 16.6 Å². The van der Waals surface area contributed by atoms with Crippen LogP contribution in [0.2, 0.25) is 0 Å². The van der Waals surface area contributed by atoms with Gasteiger partial charge < -0.3 is 15.8 Å². The van der Waals surface area contributed by atoms with Gasteiger partial charge in [0.15, 0.2) is 5.16 Å². The molecule has 20 heavy (non-hydrogen) atoms. The van der Waals surface area contributed by atoms with E-state index in [1.165, 1.54) is 0 Å². The second-order valence-electron chi connectivity index (χ2n) is 4.35. The molecule has 1 aromatic carbocycles. The molecule has 6 nitrogen and oxygen atoms in total. The third-order valence-corrected chi connectivity index (χ3v) is 4.00. The Labute approximate surface area is 118 Å². The van der Waals surface area contributed by atoms with Gasteiger partial charge in [-0.25, -0.2) is 4.98 Å². The zero-order valence-corrected chi connectivity index (χ0v) is 11.5. The van der Waals surface area contributed by atoms with Gasteiger partial charge in [-0.2, -0.15) is 0 Å². The predicted octanol–water partition coefficient (Wildman–Crippen LogP) is 0.672. The molecular weight excluding hydrogens is 278 g/mol. The number of nitrogens with zero attached hydrogens (tertiary/aromatic N) is 1. The molecule has 0 aliphatic carbocycles. The molecule has 0 aliphatic rings. The first-order valence-electron chi connectivity index (χ1n) is 6.00. The molecule has 2 rings (SSSR count). The standard InChI is InChI=1S/C13H15N3O3S/c14-11(12(17)18)7-9-2-1-3-10(6-9)8-20(19)13-15-4-5-16-13/h1-6,11H,7-8,14H2,(H,15,16)(H,17,18). The molecule has 0 saturated carbocycles. The number of nitrogens with two attached hydrogens (primary N) is 1. The lowest BCUT2D eigenvalue weighted by Gasteiger charge is -2.08. The van der Waals surface area contributed by atoms with Crippen molar-refractivity contribution in [2.45, 2.75) is 23.4 Å². The fourth-order valence-corrected chi connectivity index (χ4v) is 2.78. The Morgan fingerprint density at radius 3 is 2.85 bits per heavy atom. The molecule has 0 spiro atoms. The molecule has 1 heterocycles. The molecule has 7 heteroatoms. The highest BCUT2D eigenvalue weighted by Gasteiger charge is 2.13. The van der Waals surface area contributed by atoms with Gasteiger partial charge in [-0.3, -0.25) is 9.00 Å². The molecule has 1 aromatic heterocycles. The van der Waals surface area contributed by atoms with E-state index in [2.05, 4.69) is 9.97 Å². The number of hydrogen-bond donors (Lipinski definition) is 3. The minimum absolute atomic E-state index is 0.247. The maximum absolute atomic E-state index is 12.0. The Balaban J connectivity index is 2.06. The van der Waals surface area contributed by atoms with Crippen LogP contribution in [-0.2, 0) is 27.8 Å². The summed E-state index contributed by atoms with van der Waals surface area (Å²) in [6, 6.07) is 6.35. The third kappa shape index (κ3) is 3.75. The predicted molar refractivity (Wildman–Crippen MR) is 74.5 cm³/mol. The summed E-state index contributed by atoms with van der Waals surface area (Å²) in [6.45, 7) is 0. The van der Waals surface area contributed by atoms with Crippen molar-refractivity contribution in [1.29, 1.82) is 0 Å². The van der Waals surface area contributed by atoms with Crippen LogP contribution in [0.4, 0.5) is 0 Å². The van der Waals surface area contributed by atoms with E-state index >= 15 is 0 Å². The zero-order chi connectivity index (χ0) is 14.5. The number of carboxylic acid groups (broad SMARTS) is 1. The van der Waals surface area contributed by atoms with Gasteiger partial charge in [-0.15, -0.1) is 0 Å². The molecule has 0 amide bonds. The zero-order valence-electron chi connectivity index (χ0n) is 10.7. The Kier molecular flexibility index (Phi) is 4.65. The van der Waals surface area contributed by atoms with Crippen LogP contribution in [0.1, 0.15) is 11.1 Å². The van der Waals surface area contributed by atoms with E-state index in [9.17, 15) is 9.00 Å². The largest absolute Gasteiger partial charge is 0.480 e. The number of H-pyrrole nitrogens is 1. The van der Waals surface area contributed by atoms with Crippen molar-refractivity contribution < 1.29 is 14.1 Å². The van der Waals surface area contributed by atoms with E-state index in [4.69, 9.17) is 10.8 Å². The summed E-state index contributed by atoms with van der Waals surface area (Å²) in [7, 11) is -1.25. The topological polar surface area (TPSA) is 109 Å². The minimum Gasteiger partial charge on any atom is -0.480 e. The van der Waals surface area contributed by atoms with Gasteiger partial charge in [0.2, 0.25) is 0 Å². The summed E-state index contributed by atoms with van der Waals surface area (Å²) < 4.78 is 12.0. The van der Waals surface area contributed by atoms with E-state index < -0.39 is 22.8 Å². The average Bonchev–Trinajstić information content (AvgIpc) is 2.92. The van der Waals surface area contributed by atoms with Crippen molar-refractivity contribution >= 4 is 16.8 Å². The van der Waals surface area contributed by atoms with E-state index in [0.717, 1.165) is 11.1 Å². The van der Waals surface area contributed by atoms with E-state index in [-0.39, 0.29) is 6.42 Å². The Morgan fingerprint density at radius 2 is 2.20 bits per heavy atom. The van der Waals surface area contributed by atoms with Crippen molar-refractivity contribution in [1.82, 2.24) is 9.97 Å². The minimum atomic E-state index is -1.25. The van der Waals surface area contributed by atoms with Crippen LogP contribution in [0.25, 0.3) is 0 Å². The van der Waals surface area contributed by atoms with Crippen LogP contribution < -0.4 is 5.73 Å².